The molecule has 0 aliphatic rings. The molecule has 2 N–H and O–H groups in total. The van der Waals surface area contributed by atoms with E-state index < -0.39 is 29.4 Å². The van der Waals surface area contributed by atoms with Crippen LogP contribution in [0, 0.1) is 0 Å². The maximum Gasteiger partial charge on any atom is 0.451 e. The molecule has 0 aliphatic carbocycles. The number of aliphatic hydroxyl groups excluding tert-OH is 1. The van der Waals surface area contributed by atoms with E-state index in [4.69, 9.17) is 10.2 Å². The molecule has 0 aliphatic heterocycles. The number of halogens is 3. The van der Waals surface area contributed by atoms with Crippen molar-refractivity contribution in [2.45, 2.75) is 13.1 Å². The van der Waals surface area contributed by atoms with Gasteiger partial charge in [0.15, 0.2) is 11.5 Å². The van der Waals surface area contributed by atoms with Crippen LogP contribution in [0.1, 0.15) is 17.3 Å². The van der Waals surface area contributed by atoms with E-state index in [2.05, 4.69) is 10.2 Å². The molecule has 0 aromatic heterocycles. The van der Waals surface area contributed by atoms with Gasteiger partial charge in [0.25, 0.3) is 0 Å². The van der Waals surface area contributed by atoms with Crippen LogP contribution in [0.2, 0.25) is 0 Å². The Balaban J connectivity index is 3.30. The Bertz CT molecular complexity index is 636. The van der Waals surface area contributed by atoms with Crippen molar-refractivity contribution in [2.75, 3.05) is 0 Å². The second-order valence-electron chi connectivity index (χ2n) is 3.77. The Labute approximate surface area is 116 Å². The van der Waals surface area contributed by atoms with Gasteiger partial charge in [0, 0.05) is 6.92 Å². The van der Waals surface area contributed by atoms with Gasteiger partial charge in [0.05, 0.1) is 5.56 Å². The zero-order chi connectivity index (χ0) is 16.2. The Kier molecular flexibility index (Phi) is 4.79. The summed E-state index contributed by atoms with van der Waals surface area (Å²) in [5.74, 6) is -4.72. The predicted octanol–water partition coefficient (Wildman–Crippen LogP) is 3.39. The molecule has 0 unspecified atom stereocenters. The quantitative estimate of drug-likeness (QED) is 0.506. The third-order valence-electron chi connectivity index (χ3n) is 2.22. The minimum atomic E-state index is -5.16. The first-order valence-corrected chi connectivity index (χ1v) is 5.40. The lowest BCUT2D eigenvalue weighted by atomic mass is 10.2. The van der Waals surface area contributed by atoms with Crippen LogP contribution in [0.15, 0.2) is 46.0 Å². The third-order valence-corrected chi connectivity index (χ3v) is 2.22. The summed E-state index contributed by atoms with van der Waals surface area (Å²) in [5.41, 5.74) is -1.86. The van der Waals surface area contributed by atoms with Crippen LogP contribution in [0.5, 0.6) is 0 Å². The Morgan fingerprint density at radius 1 is 1.14 bits per heavy atom. The molecular formula is C12H9F3N2O4. The average Bonchev–Trinajstić information content (AvgIpc) is 2.37. The van der Waals surface area contributed by atoms with E-state index in [-0.39, 0.29) is 11.3 Å². The highest BCUT2D eigenvalue weighted by molar-refractivity contribution is 5.94. The molecule has 0 atom stereocenters. The number of Topliss-reactive ketones (excluding diaryl/α,β-unsaturated/α-hetero) is 1. The van der Waals surface area contributed by atoms with Gasteiger partial charge >= 0.3 is 12.1 Å². The fourth-order valence-corrected chi connectivity index (χ4v) is 1.26. The number of aliphatic hydroxyl groups is 1. The molecule has 6 nitrogen and oxygen atoms in total. The number of azo groups is 1. The highest BCUT2D eigenvalue weighted by atomic mass is 19.4. The molecule has 0 bridgehead atoms. The first-order chi connectivity index (χ1) is 9.64. The monoisotopic (exact) mass is 302 g/mol. The number of allylic oxidation sites excluding steroid dienone is 2. The molecule has 9 heteroatoms. The number of carboxylic acid groups (broad SMARTS) is 1. The minimum Gasteiger partial charge on any atom is -0.503 e. The molecule has 21 heavy (non-hydrogen) atoms. The molecule has 0 spiro atoms. The zero-order valence-corrected chi connectivity index (χ0v) is 10.5. The van der Waals surface area contributed by atoms with Crippen molar-refractivity contribution in [3.05, 3.63) is 41.3 Å². The van der Waals surface area contributed by atoms with Crippen LogP contribution in [0.3, 0.4) is 0 Å². The number of carbonyl (C=O) groups is 2. The van der Waals surface area contributed by atoms with E-state index in [0.717, 1.165) is 13.0 Å². The van der Waals surface area contributed by atoms with E-state index >= 15 is 0 Å². The number of rotatable bonds is 4. The number of benzene rings is 1. The molecule has 0 fully saturated rings. The fourth-order valence-electron chi connectivity index (χ4n) is 1.26. The summed E-state index contributed by atoms with van der Waals surface area (Å²) in [6.45, 7) is 0.763. The van der Waals surface area contributed by atoms with Gasteiger partial charge in [-0.25, -0.2) is 4.79 Å². The molecule has 1 aromatic carbocycles. The number of carboxylic acids is 1. The molecule has 0 radical (unpaired) electrons. The van der Waals surface area contributed by atoms with Gasteiger partial charge in [-0.05, 0) is 12.1 Å². The summed E-state index contributed by atoms with van der Waals surface area (Å²) in [7, 11) is 0. The van der Waals surface area contributed by atoms with Crippen molar-refractivity contribution in [2.24, 2.45) is 10.2 Å². The lowest BCUT2D eigenvalue weighted by Crippen LogP contribution is -2.16. The second-order valence-corrected chi connectivity index (χ2v) is 3.77. The molecule has 1 rings (SSSR count). The average molecular weight is 302 g/mol. The molecule has 0 heterocycles. The summed E-state index contributed by atoms with van der Waals surface area (Å²) < 4.78 is 37.0. The van der Waals surface area contributed by atoms with Crippen molar-refractivity contribution in [1.82, 2.24) is 0 Å². The van der Waals surface area contributed by atoms with Crippen molar-refractivity contribution < 1.29 is 33.0 Å². The number of ketones is 1. The number of nitrogens with zero attached hydrogens (tertiary/aromatic N) is 2. The van der Waals surface area contributed by atoms with Crippen LogP contribution in [0.4, 0.5) is 18.9 Å². The highest BCUT2D eigenvalue weighted by Crippen LogP contribution is 2.28. The zero-order valence-electron chi connectivity index (χ0n) is 10.5. The lowest BCUT2D eigenvalue weighted by molar-refractivity contribution is -0.126. The summed E-state index contributed by atoms with van der Waals surface area (Å²) in [6, 6.07) is 5.13. The highest BCUT2D eigenvalue weighted by Gasteiger charge is 2.38. The van der Waals surface area contributed by atoms with Crippen LogP contribution < -0.4 is 0 Å². The predicted molar refractivity (Wildman–Crippen MR) is 64.3 cm³/mol. The molecule has 112 valence electrons. The van der Waals surface area contributed by atoms with Gasteiger partial charge in [0.1, 0.15) is 5.69 Å². The second kappa shape index (κ2) is 6.16. The van der Waals surface area contributed by atoms with Crippen molar-refractivity contribution >= 4 is 17.4 Å². The third kappa shape index (κ3) is 4.13. The summed E-state index contributed by atoms with van der Waals surface area (Å²) >= 11 is 0. The Hall–Kier alpha value is -2.71. The number of aromatic carboxylic acids is 1. The number of hydrogen-bond donors (Lipinski definition) is 2. The molecule has 0 amide bonds. The van der Waals surface area contributed by atoms with E-state index in [1.165, 1.54) is 18.2 Å². The minimum absolute atomic E-state index is 0.251. The van der Waals surface area contributed by atoms with Crippen LogP contribution >= 0.6 is 0 Å². The van der Waals surface area contributed by atoms with Gasteiger partial charge < -0.3 is 10.2 Å². The van der Waals surface area contributed by atoms with E-state index in [0.29, 0.717) is 0 Å². The Morgan fingerprint density at radius 2 is 1.71 bits per heavy atom. The smallest absolute Gasteiger partial charge is 0.451 e. The first kappa shape index (κ1) is 16.3. The number of hydrogen-bond acceptors (Lipinski definition) is 5. The van der Waals surface area contributed by atoms with Gasteiger partial charge in [-0.1, -0.05) is 12.1 Å². The van der Waals surface area contributed by atoms with Gasteiger partial charge in [-0.3, -0.25) is 4.79 Å². The summed E-state index contributed by atoms with van der Waals surface area (Å²) in [6.07, 6.45) is -5.16. The maximum absolute atomic E-state index is 12.3. The standard InChI is InChI=1S/C12H9F3N2O4/c1-6(18)9(10(19)12(13,14)15)17-16-8-5-3-2-4-7(8)11(20)21/h2-5,19H,1H3,(H,20,21)/b10-9+,17-16?. The molecule has 0 saturated carbocycles. The van der Waals surface area contributed by atoms with Gasteiger partial charge in [0.2, 0.25) is 5.76 Å². The van der Waals surface area contributed by atoms with E-state index in [9.17, 15) is 22.8 Å². The van der Waals surface area contributed by atoms with Crippen molar-refractivity contribution in [3.63, 3.8) is 0 Å². The van der Waals surface area contributed by atoms with Crippen LogP contribution in [-0.4, -0.2) is 28.1 Å². The van der Waals surface area contributed by atoms with Gasteiger partial charge in [-0.15, -0.1) is 10.2 Å². The summed E-state index contributed by atoms with van der Waals surface area (Å²) in [4.78, 5) is 22.0. The van der Waals surface area contributed by atoms with Crippen molar-refractivity contribution in [3.8, 4) is 0 Å². The van der Waals surface area contributed by atoms with Crippen LogP contribution in [0.25, 0.3) is 0 Å². The van der Waals surface area contributed by atoms with Crippen molar-refractivity contribution in [1.29, 1.82) is 0 Å². The largest absolute Gasteiger partial charge is 0.503 e. The normalized spacial score (nSPS) is 13.1. The molecule has 1 aromatic rings. The molecule has 0 saturated heterocycles. The fraction of sp³-hybridized carbons (Fsp3) is 0.167. The topological polar surface area (TPSA) is 99.3 Å². The van der Waals surface area contributed by atoms with Crippen LogP contribution in [-0.2, 0) is 4.79 Å². The number of carbonyl (C=O) groups excluding carboxylic acids is 1. The Morgan fingerprint density at radius 3 is 2.19 bits per heavy atom. The lowest BCUT2D eigenvalue weighted by Gasteiger charge is -2.06. The number of alkyl halides is 3. The summed E-state index contributed by atoms with van der Waals surface area (Å²) in [5, 5.41) is 24.1. The van der Waals surface area contributed by atoms with E-state index in [1.54, 1.807) is 0 Å². The van der Waals surface area contributed by atoms with Gasteiger partial charge in [-0.2, -0.15) is 13.2 Å². The molecular weight excluding hydrogens is 293 g/mol. The maximum atomic E-state index is 12.3. The SMILES string of the molecule is CC(=O)/C(N=Nc1ccccc1C(=O)O)=C(\O)C(F)(F)F. The van der Waals surface area contributed by atoms with E-state index in [1.807, 2.05) is 0 Å². The first-order valence-electron chi connectivity index (χ1n) is 5.40.